The van der Waals surface area contributed by atoms with Gasteiger partial charge in [0.2, 0.25) is 0 Å². The van der Waals surface area contributed by atoms with Crippen LogP contribution in [0.4, 0.5) is 0 Å². The number of ether oxygens (including phenoxy) is 1. The summed E-state index contributed by atoms with van der Waals surface area (Å²) in [5, 5.41) is 0. The zero-order chi connectivity index (χ0) is 11.1. The molecular formula is C12H24N2O. The van der Waals surface area contributed by atoms with Gasteiger partial charge in [0.25, 0.3) is 0 Å². The molecule has 15 heavy (non-hydrogen) atoms. The standard InChI is InChI=1S/C12H24N2O/c1-4-6-12(15-3)11-14-9-7-13(5-2)8-10-14/h6H,4-5,7-11H2,1-3H3/b12-6+. The van der Waals surface area contributed by atoms with Crippen LogP contribution >= 0.6 is 0 Å². The Morgan fingerprint density at radius 2 is 1.73 bits per heavy atom. The molecule has 0 unspecified atom stereocenters. The van der Waals surface area contributed by atoms with Crippen LogP contribution in [0.1, 0.15) is 20.3 Å². The van der Waals surface area contributed by atoms with Gasteiger partial charge < -0.3 is 9.64 Å². The number of piperazine rings is 1. The van der Waals surface area contributed by atoms with Crippen molar-refractivity contribution in [2.45, 2.75) is 20.3 Å². The summed E-state index contributed by atoms with van der Waals surface area (Å²) in [5.74, 6) is 1.11. The predicted molar refractivity (Wildman–Crippen MR) is 63.9 cm³/mol. The highest BCUT2D eigenvalue weighted by Crippen LogP contribution is 2.06. The predicted octanol–water partition coefficient (Wildman–Crippen LogP) is 1.56. The molecule has 0 atom stereocenters. The molecule has 0 aliphatic carbocycles. The van der Waals surface area contributed by atoms with Gasteiger partial charge in [-0.3, -0.25) is 4.90 Å². The zero-order valence-electron chi connectivity index (χ0n) is 10.3. The van der Waals surface area contributed by atoms with Crippen LogP contribution in [0.3, 0.4) is 0 Å². The van der Waals surface area contributed by atoms with Crippen LogP contribution in [-0.4, -0.2) is 56.2 Å². The second-order valence-corrected chi connectivity index (χ2v) is 3.99. The van der Waals surface area contributed by atoms with E-state index in [1.807, 2.05) is 0 Å². The largest absolute Gasteiger partial charge is 0.500 e. The third-order valence-electron chi connectivity index (χ3n) is 2.99. The minimum absolute atomic E-state index is 0.974. The Morgan fingerprint density at radius 3 is 2.20 bits per heavy atom. The summed E-state index contributed by atoms with van der Waals surface area (Å²) in [6, 6.07) is 0. The molecule has 0 aromatic heterocycles. The number of likely N-dealkylation sites (N-methyl/N-ethyl adjacent to an activating group) is 1. The monoisotopic (exact) mass is 212 g/mol. The van der Waals surface area contributed by atoms with Crippen molar-refractivity contribution in [1.82, 2.24) is 9.80 Å². The van der Waals surface area contributed by atoms with Crippen molar-refractivity contribution in [3.05, 3.63) is 11.8 Å². The van der Waals surface area contributed by atoms with E-state index in [9.17, 15) is 0 Å². The molecule has 0 aromatic carbocycles. The molecule has 0 saturated carbocycles. The lowest BCUT2D eigenvalue weighted by Crippen LogP contribution is -2.46. The van der Waals surface area contributed by atoms with E-state index in [-0.39, 0.29) is 0 Å². The molecule has 88 valence electrons. The molecule has 1 aliphatic heterocycles. The smallest absolute Gasteiger partial charge is 0.106 e. The highest BCUT2D eigenvalue weighted by molar-refractivity contribution is 4.95. The maximum atomic E-state index is 5.35. The fourth-order valence-corrected chi connectivity index (χ4v) is 1.92. The molecule has 0 amide bonds. The molecule has 3 heteroatoms. The van der Waals surface area contributed by atoms with Gasteiger partial charge in [0.15, 0.2) is 0 Å². The van der Waals surface area contributed by atoms with Crippen LogP contribution in [0.15, 0.2) is 11.8 Å². The molecule has 1 heterocycles. The van der Waals surface area contributed by atoms with E-state index >= 15 is 0 Å². The number of nitrogens with zero attached hydrogens (tertiary/aromatic N) is 2. The van der Waals surface area contributed by atoms with Crippen LogP contribution in [0.2, 0.25) is 0 Å². The van der Waals surface area contributed by atoms with E-state index in [0.717, 1.165) is 31.8 Å². The molecular weight excluding hydrogens is 188 g/mol. The van der Waals surface area contributed by atoms with Gasteiger partial charge >= 0.3 is 0 Å². The molecule has 1 saturated heterocycles. The second kappa shape index (κ2) is 6.85. The van der Waals surface area contributed by atoms with Gasteiger partial charge in [-0.1, -0.05) is 13.8 Å². The van der Waals surface area contributed by atoms with Gasteiger partial charge in [0.05, 0.1) is 13.7 Å². The molecule has 0 radical (unpaired) electrons. The van der Waals surface area contributed by atoms with E-state index in [1.165, 1.54) is 19.6 Å². The molecule has 0 spiro atoms. The Labute approximate surface area is 93.7 Å². The summed E-state index contributed by atoms with van der Waals surface area (Å²) in [6.07, 6.45) is 3.23. The second-order valence-electron chi connectivity index (χ2n) is 3.99. The van der Waals surface area contributed by atoms with Crippen molar-refractivity contribution in [3.63, 3.8) is 0 Å². The number of methoxy groups -OCH3 is 1. The summed E-state index contributed by atoms with van der Waals surface area (Å²) in [6.45, 7) is 11.2. The minimum Gasteiger partial charge on any atom is -0.500 e. The molecule has 0 N–H and O–H groups in total. The lowest BCUT2D eigenvalue weighted by molar-refractivity contribution is 0.127. The molecule has 1 fully saturated rings. The number of rotatable bonds is 5. The lowest BCUT2D eigenvalue weighted by atomic mass is 10.3. The van der Waals surface area contributed by atoms with Crippen LogP contribution in [0.5, 0.6) is 0 Å². The first-order valence-corrected chi connectivity index (χ1v) is 5.97. The number of hydrogen-bond donors (Lipinski definition) is 0. The SMILES string of the molecule is CC/C=C(\CN1CCN(CC)CC1)OC. The highest BCUT2D eigenvalue weighted by Gasteiger charge is 2.16. The fourth-order valence-electron chi connectivity index (χ4n) is 1.92. The molecule has 1 rings (SSSR count). The third-order valence-corrected chi connectivity index (χ3v) is 2.99. The quantitative estimate of drug-likeness (QED) is 0.643. The lowest BCUT2D eigenvalue weighted by Gasteiger charge is -2.34. The molecule has 0 bridgehead atoms. The van der Waals surface area contributed by atoms with Crippen molar-refractivity contribution in [2.24, 2.45) is 0 Å². The normalized spacial score (nSPS) is 20.6. The third kappa shape index (κ3) is 4.22. The minimum atomic E-state index is 0.974. The Morgan fingerprint density at radius 1 is 1.13 bits per heavy atom. The van der Waals surface area contributed by atoms with E-state index in [2.05, 4.69) is 29.7 Å². The van der Waals surface area contributed by atoms with Crippen LogP contribution in [0.25, 0.3) is 0 Å². The summed E-state index contributed by atoms with van der Waals surface area (Å²) in [4.78, 5) is 4.96. The summed E-state index contributed by atoms with van der Waals surface area (Å²) in [7, 11) is 1.77. The first-order valence-electron chi connectivity index (χ1n) is 5.97. The topological polar surface area (TPSA) is 15.7 Å². The first-order chi connectivity index (χ1) is 7.30. The van der Waals surface area contributed by atoms with Crippen molar-refractivity contribution < 1.29 is 4.74 Å². The maximum absolute atomic E-state index is 5.35. The molecule has 3 nitrogen and oxygen atoms in total. The van der Waals surface area contributed by atoms with Crippen molar-refractivity contribution in [1.29, 1.82) is 0 Å². The van der Waals surface area contributed by atoms with Crippen LogP contribution < -0.4 is 0 Å². The van der Waals surface area contributed by atoms with Gasteiger partial charge in [0.1, 0.15) is 5.76 Å². The average molecular weight is 212 g/mol. The zero-order valence-corrected chi connectivity index (χ0v) is 10.3. The van der Waals surface area contributed by atoms with Gasteiger partial charge in [0, 0.05) is 26.2 Å². The van der Waals surface area contributed by atoms with Crippen LogP contribution in [0, 0.1) is 0 Å². The number of hydrogen-bond acceptors (Lipinski definition) is 3. The van der Waals surface area contributed by atoms with Crippen LogP contribution in [-0.2, 0) is 4.74 Å². The van der Waals surface area contributed by atoms with E-state index in [1.54, 1.807) is 7.11 Å². The van der Waals surface area contributed by atoms with E-state index in [0.29, 0.717) is 0 Å². The van der Waals surface area contributed by atoms with Crippen molar-refractivity contribution in [2.75, 3.05) is 46.4 Å². The van der Waals surface area contributed by atoms with Crippen molar-refractivity contribution in [3.8, 4) is 0 Å². The summed E-state index contributed by atoms with van der Waals surface area (Å²) >= 11 is 0. The Bertz CT molecular complexity index is 196. The van der Waals surface area contributed by atoms with Gasteiger partial charge in [-0.25, -0.2) is 0 Å². The van der Waals surface area contributed by atoms with Gasteiger partial charge in [-0.15, -0.1) is 0 Å². The first kappa shape index (κ1) is 12.5. The van der Waals surface area contributed by atoms with E-state index in [4.69, 9.17) is 4.74 Å². The fraction of sp³-hybridized carbons (Fsp3) is 0.833. The Hall–Kier alpha value is -0.540. The highest BCUT2D eigenvalue weighted by atomic mass is 16.5. The number of allylic oxidation sites excluding steroid dienone is 1. The average Bonchev–Trinajstić information content (AvgIpc) is 2.29. The van der Waals surface area contributed by atoms with Crippen molar-refractivity contribution >= 4 is 0 Å². The Balaban J connectivity index is 2.31. The maximum Gasteiger partial charge on any atom is 0.106 e. The summed E-state index contributed by atoms with van der Waals surface area (Å²) in [5.41, 5.74) is 0. The molecule has 1 aliphatic rings. The summed E-state index contributed by atoms with van der Waals surface area (Å²) < 4.78 is 5.35. The van der Waals surface area contributed by atoms with Gasteiger partial charge in [-0.05, 0) is 19.0 Å². The Kier molecular flexibility index (Phi) is 5.73. The van der Waals surface area contributed by atoms with E-state index < -0.39 is 0 Å². The van der Waals surface area contributed by atoms with Gasteiger partial charge in [-0.2, -0.15) is 0 Å². The molecule has 0 aromatic rings.